The van der Waals surface area contributed by atoms with E-state index in [4.69, 9.17) is 21.1 Å². The molecule has 0 radical (unpaired) electrons. The number of nitrogens with zero attached hydrogens (tertiary/aromatic N) is 1. The third-order valence-electron chi connectivity index (χ3n) is 7.39. The van der Waals surface area contributed by atoms with E-state index in [1.54, 1.807) is 0 Å². The van der Waals surface area contributed by atoms with Crippen LogP contribution in [0.15, 0.2) is 47.7 Å². The van der Waals surface area contributed by atoms with Gasteiger partial charge in [-0.2, -0.15) is 5.26 Å². The summed E-state index contributed by atoms with van der Waals surface area (Å²) >= 11 is 6.66. The fourth-order valence-corrected chi connectivity index (χ4v) is 5.77. The number of piperidine rings is 1. The Morgan fingerprint density at radius 3 is 2.76 bits per heavy atom. The molecule has 0 aromatic heterocycles. The molecule has 202 valence electrons. The van der Waals surface area contributed by atoms with Crippen molar-refractivity contribution < 1.29 is 9.47 Å². The largest absolute Gasteiger partial charge is 0.490 e. The monoisotopic (exact) mass is 526 g/mol. The lowest BCUT2D eigenvalue weighted by atomic mass is 9.72. The van der Waals surface area contributed by atoms with E-state index in [1.165, 1.54) is 18.4 Å². The number of hydrogen-bond acceptors (Lipinski definition) is 6. The summed E-state index contributed by atoms with van der Waals surface area (Å²) in [7, 11) is 1.98. The SMILES string of the molecule is CC=C=C1CC(OCC)C(NC)CC1C(Nc1ccc(OCC2CCCCN2)c(Cl)c1)C(C#N)/C=C\C. The topological polar surface area (TPSA) is 78.3 Å². The van der Waals surface area contributed by atoms with E-state index in [-0.39, 0.29) is 30.0 Å². The van der Waals surface area contributed by atoms with E-state index in [1.807, 2.05) is 64.2 Å². The normalized spacial score (nSPS) is 25.7. The number of anilines is 1. The number of rotatable bonds is 11. The van der Waals surface area contributed by atoms with Gasteiger partial charge in [-0.3, -0.25) is 0 Å². The summed E-state index contributed by atoms with van der Waals surface area (Å²) in [6.07, 6.45) is 11.2. The average molecular weight is 527 g/mol. The van der Waals surface area contributed by atoms with E-state index >= 15 is 0 Å². The maximum absolute atomic E-state index is 10.1. The van der Waals surface area contributed by atoms with E-state index in [2.05, 4.69) is 27.8 Å². The zero-order valence-corrected chi connectivity index (χ0v) is 23.5. The van der Waals surface area contributed by atoms with Crippen molar-refractivity contribution in [2.45, 2.75) is 77.1 Å². The highest BCUT2D eigenvalue weighted by Gasteiger charge is 2.40. The molecule has 6 unspecified atom stereocenters. The summed E-state index contributed by atoms with van der Waals surface area (Å²) in [6, 6.07) is 8.74. The summed E-state index contributed by atoms with van der Waals surface area (Å²) in [6.45, 7) is 8.30. The van der Waals surface area contributed by atoms with Gasteiger partial charge in [0.2, 0.25) is 0 Å². The van der Waals surface area contributed by atoms with Crippen molar-refractivity contribution in [3.05, 3.63) is 52.8 Å². The first-order valence-electron chi connectivity index (χ1n) is 13.7. The van der Waals surface area contributed by atoms with Gasteiger partial charge in [-0.15, -0.1) is 5.73 Å². The van der Waals surface area contributed by atoms with Gasteiger partial charge in [0.05, 0.1) is 29.2 Å². The fraction of sp³-hybridized carbons (Fsp3) is 0.600. The minimum Gasteiger partial charge on any atom is -0.490 e. The lowest BCUT2D eigenvalue weighted by Crippen LogP contribution is -2.49. The Morgan fingerprint density at radius 2 is 2.14 bits per heavy atom. The number of hydrogen-bond donors (Lipinski definition) is 3. The zero-order valence-electron chi connectivity index (χ0n) is 22.7. The molecule has 2 aliphatic rings. The van der Waals surface area contributed by atoms with Gasteiger partial charge in [0.1, 0.15) is 12.4 Å². The number of likely N-dealkylation sites (N-methyl/N-ethyl adjacent to an activating group) is 1. The minimum atomic E-state index is -0.322. The van der Waals surface area contributed by atoms with Crippen molar-refractivity contribution in [1.29, 1.82) is 5.26 Å². The lowest BCUT2D eigenvalue weighted by molar-refractivity contribution is 0.0165. The molecular formula is C30H43ClN4O2. The van der Waals surface area contributed by atoms with Crippen LogP contribution < -0.4 is 20.7 Å². The number of allylic oxidation sites excluding steroid dienone is 1. The Balaban J connectivity index is 1.84. The van der Waals surface area contributed by atoms with Gasteiger partial charge in [-0.25, -0.2) is 0 Å². The Kier molecular flexibility index (Phi) is 12.1. The molecule has 2 fully saturated rings. The molecule has 3 rings (SSSR count). The molecular weight excluding hydrogens is 484 g/mol. The molecule has 1 saturated carbocycles. The summed E-state index contributed by atoms with van der Waals surface area (Å²) < 4.78 is 12.1. The smallest absolute Gasteiger partial charge is 0.138 e. The van der Waals surface area contributed by atoms with Gasteiger partial charge < -0.3 is 25.4 Å². The van der Waals surface area contributed by atoms with Gasteiger partial charge in [0, 0.05) is 36.7 Å². The maximum atomic E-state index is 10.1. The first kappa shape index (κ1) is 29.3. The summed E-state index contributed by atoms with van der Waals surface area (Å²) in [5.41, 5.74) is 5.53. The predicted molar refractivity (Wildman–Crippen MR) is 152 cm³/mol. The highest BCUT2D eigenvalue weighted by molar-refractivity contribution is 6.32. The van der Waals surface area contributed by atoms with Crippen LogP contribution in [0.4, 0.5) is 5.69 Å². The zero-order chi connectivity index (χ0) is 26.6. The van der Waals surface area contributed by atoms with Crippen LogP contribution in [0, 0.1) is 23.2 Å². The molecule has 6 atom stereocenters. The van der Waals surface area contributed by atoms with Crippen molar-refractivity contribution in [2.24, 2.45) is 11.8 Å². The van der Waals surface area contributed by atoms with Gasteiger partial charge in [-0.05, 0) is 83.5 Å². The van der Waals surface area contributed by atoms with Gasteiger partial charge >= 0.3 is 0 Å². The van der Waals surface area contributed by atoms with Crippen LogP contribution in [0.25, 0.3) is 0 Å². The van der Waals surface area contributed by atoms with Crippen LogP contribution in [-0.4, -0.2) is 51.0 Å². The number of halogens is 1. The Bertz CT molecular complexity index is 992. The first-order chi connectivity index (χ1) is 18.0. The van der Waals surface area contributed by atoms with Crippen LogP contribution in [-0.2, 0) is 4.74 Å². The highest BCUT2D eigenvalue weighted by Crippen LogP contribution is 2.38. The fourth-order valence-electron chi connectivity index (χ4n) is 5.53. The van der Waals surface area contributed by atoms with Gasteiger partial charge in [-0.1, -0.05) is 30.2 Å². The molecule has 0 bridgehead atoms. The van der Waals surface area contributed by atoms with Crippen molar-refractivity contribution in [1.82, 2.24) is 10.6 Å². The van der Waals surface area contributed by atoms with Crippen molar-refractivity contribution >= 4 is 17.3 Å². The van der Waals surface area contributed by atoms with Gasteiger partial charge in [0.15, 0.2) is 0 Å². The average Bonchev–Trinajstić information content (AvgIpc) is 2.91. The predicted octanol–water partition coefficient (Wildman–Crippen LogP) is 5.86. The molecule has 1 aromatic rings. The van der Waals surface area contributed by atoms with Gasteiger partial charge in [0.25, 0.3) is 0 Å². The van der Waals surface area contributed by atoms with E-state index in [9.17, 15) is 5.26 Å². The molecule has 7 heteroatoms. The maximum Gasteiger partial charge on any atom is 0.138 e. The molecule has 37 heavy (non-hydrogen) atoms. The Morgan fingerprint density at radius 1 is 1.30 bits per heavy atom. The summed E-state index contributed by atoms with van der Waals surface area (Å²) in [5.74, 6) is 0.457. The second-order valence-corrected chi connectivity index (χ2v) is 10.3. The number of nitrogens with one attached hydrogen (secondary N) is 3. The second-order valence-electron chi connectivity index (χ2n) is 9.85. The van der Waals surface area contributed by atoms with Crippen molar-refractivity contribution in [2.75, 3.05) is 32.1 Å². The molecule has 1 aliphatic heterocycles. The van der Waals surface area contributed by atoms with Crippen LogP contribution in [0.2, 0.25) is 5.02 Å². The Hall–Kier alpha value is -2.26. The number of nitriles is 1. The minimum absolute atomic E-state index is 0.0844. The molecule has 1 aliphatic carbocycles. The van der Waals surface area contributed by atoms with Crippen molar-refractivity contribution in [3.63, 3.8) is 0 Å². The molecule has 1 heterocycles. The molecule has 0 spiro atoms. The summed E-state index contributed by atoms with van der Waals surface area (Å²) in [5, 5.41) is 21.3. The second kappa shape index (κ2) is 15.2. The first-order valence-corrected chi connectivity index (χ1v) is 14.1. The molecule has 0 amide bonds. The molecule has 1 aromatic carbocycles. The third-order valence-corrected chi connectivity index (χ3v) is 7.69. The lowest BCUT2D eigenvalue weighted by Gasteiger charge is -2.41. The summed E-state index contributed by atoms with van der Waals surface area (Å²) in [4.78, 5) is 0. The van der Waals surface area contributed by atoms with Crippen LogP contribution in [0.5, 0.6) is 5.75 Å². The Labute approximate surface area is 228 Å². The van der Waals surface area contributed by atoms with Crippen LogP contribution in [0.1, 0.15) is 52.9 Å². The van der Waals surface area contributed by atoms with Crippen molar-refractivity contribution in [3.8, 4) is 11.8 Å². The molecule has 6 nitrogen and oxygen atoms in total. The molecule has 3 N–H and O–H groups in total. The molecule has 1 saturated heterocycles. The standard InChI is InChI=1S/C30H43ClN4O2/c1-5-10-21-16-29(36-7-3)27(33-4)18-25(21)30(22(19-32)11-6-2)35-23-13-14-28(26(31)17-23)37-20-24-12-8-9-15-34-24/h5-6,11,13-14,17,22,24-25,27,29-30,33-35H,7-9,12,15-16,18,20H2,1-4H3/b11-6-. The number of ether oxygens (including phenoxy) is 2. The third kappa shape index (κ3) is 8.11. The highest BCUT2D eigenvalue weighted by atomic mass is 35.5. The quantitative estimate of drug-likeness (QED) is 0.247. The van der Waals surface area contributed by atoms with Crippen LogP contribution >= 0.6 is 11.6 Å². The van der Waals surface area contributed by atoms with Crippen LogP contribution in [0.3, 0.4) is 0 Å². The van der Waals surface area contributed by atoms with E-state index in [0.717, 1.165) is 31.5 Å². The number of benzene rings is 1. The van der Waals surface area contributed by atoms with E-state index in [0.29, 0.717) is 30.0 Å². The van der Waals surface area contributed by atoms with E-state index < -0.39 is 0 Å².